The van der Waals surface area contributed by atoms with E-state index in [0.717, 1.165) is 125 Å². The number of nitrogens with zero attached hydrogens (tertiary/aromatic N) is 5. The number of benzene rings is 8. The summed E-state index contributed by atoms with van der Waals surface area (Å²) in [6, 6.07) is 71.0. The van der Waals surface area contributed by atoms with Gasteiger partial charge in [-0.3, -0.25) is 19.2 Å². The van der Waals surface area contributed by atoms with Gasteiger partial charge in [-0.05, 0) is 171 Å². The normalized spacial score (nSPS) is 11.1. The lowest BCUT2D eigenvalue weighted by atomic mass is 10.0. The monoisotopic (exact) mass is 1870 g/mol. The second-order valence-electron chi connectivity index (χ2n) is 30.7. The van der Waals surface area contributed by atoms with Gasteiger partial charge in [-0.1, -0.05) is 180 Å². The molecule has 28 heteroatoms. The molecule has 0 saturated carbocycles. The van der Waals surface area contributed by atoms with Crippen LogP contribution in [0.25, 0.3) is 43.1 Å². The van der Waals surface area contributed by atoms with Crippen LogP contribution < -0.4 is 63.3 Å². The Balaban J connectivity index is 0.000000147. The number of nitrogens with two attached hydrogens (primary N) is 4. The van der Waals surface area contributed by atoms with Gasteiger partial charge in [0.15, 0.2) is 23.1 Å². The number of Topliss-reactive ketones (excluding diaryl/α,β-unsaturated/α-hetero) is 4. The van der Waals surface area contributed by atoms with Crippen LogP contribution in [0.5, 0.6) is 17.2 Å². The largest absolute Gasteiger partial charge is 0.497 e. The molecule has 8 aromatic heterocycles. The summed E-state index contributed by atoms with van der Waals surface area (Å²) in [6.07, 6.45) is 11.2. The lowest BCUT2D eigenvalue weighted by Crippen LogP contribution is -2.17. The van der Waals surface area contributed by atoms with E-state index in [2.05, 4.69) is 82.5 Å². The highest BCUT2D eigenvalue weighted by Gasteiger charge is 2.21. The van der Waals surface area contributed by atoms with Crippen LogP contribution in [0.2, 0.25) is 20.1 Å². The highest BCUT2D eigenvalue weighted by atomic mass is 35.5. The molecular formula is C101H99Cl4N13O7S4. The summed E-state index contributed by atoms with van der Waals surface area (Å²) in [5.74, 6) is 5.01. The third-order valence-electron chi connectivity index (χ3n) is 21.5. The summed E-state index contributed by atoms with van der Waals surface area (Å²) in [4.78, 5) is 76.3. The van der Waals surface area contributed by atoms with E-state index in [-0.39, 0.29) is 23.1 Å². The number of halogens is 4. The summed E-state index contributed by atoms with van der Waals surface area (Å²) >= 11 is 31.5. The zero-order valence-electron chi connectivity index (χ0n) is 72.0. The van der Waals surface area contributed by atoms with E-state index in [1.807, 2.05) is 172 Å². The fourth-order valence-corrected chi connectivity index (χ4v) is 19.9. The molecule has 12 N–H and O–H groups in total. The van der Waals surface area contributed by atoms with Crippen molar-refractivity contribution in [1.82, 2.24) is 41.2 Å². The van der Waals surface area contributed by atoms with Gasteiger partial charge in [0, 0.05) is 169 Å². The maximum Gasteiger partial charge on any atom is 0.173 e. The molecule has 129 heavy (non-hydrogen) atoms. The molecule has 0 amide bonds. The number of aromatic nitrogens is 4. The molecule has 0 saturated heterocycles. The van der Waals surface area contributed by atoms with Gasteiger partial charge in [-0.25, -0.2) is 19.9 Å². The van der Waals surface area contributed by atoms with E-state index in [1.54, 1.807) is 70.4 Å². The number of nitrogen functional groups attached to an aromatic ring is 4. The van der Waals surface area contributed by atoms with Crippen molar-refractivity contribution in [2.24, 2.45) is 0 Å². The standard InChI is InChI=1S/C26H27ClN4OS.3C25H24ClN3O2S/c1-31(2)22-6-4-3-5-19(22)15-29-16-25-21(27)14-24(33-25)23(32)10-8-17-7-9-20-18(13-17)11-12-30-26(20)28;1-31-19-6-2-17(3-7-19)14-28-15-24-21(26)13-23(32-24)22(30)9-5-16-4-8-20-18(12-16)10-11-29-25(20)27;1-31-19-4-2-3-17(12-19)14-28-15-24-21(26)13-23(32-24)22(30)8-6-16-5-7-20-18(11-16)9-10-29-25(20)27;1-31-22-5-3-2-4-18(22)14-28-15-24-20(26)13-23(32-24)21(30)9-7-16-6-8-19-17(12-16)10-11-29-25(19)27/h3-7,9,11-14,29H,8,10,15-16H2,1-2H3,(H2,28,30);2-4,6-8,10-13,28H,5,9,14-15H2,1H3,(H2,27,29);2-5,7,9-13,28H,6,8,14-15H2,1H3,(H2,27,29);2-6,8,10-13,28H,7,9,14-15H2,1H3,(H2,27,29). The average molecular weight is 1880 g/mol. The predicted octanol–water partition coefficient (Wildman–Crippen LogP) is 22.6. The quantitative estimate of drug-likeness (QED) is 0.0169. The number of hydrogen-bond acceptors (Lipinski definition) is 24. The van der Waals surface area contributed by atoms with Gasteiger partial charge in [-0.2, -0.15) is 0 Å². The van der Waals surface area contributed by atoms with Crippen molar-refractivity contribution in [2.45, 2.75) is 104 Å². The highest BCUT2D eigenvalue weighted by Crippen LogP contribution is 2.35. The van der Waals surface area contributed by atoms with Gasteiger partial charge in [0.2, 0.25) is 0 Å². The molecule has 8 aromatic carbocycles. The molecule has 16 rings (SSSR count). The number of aryl methyl sites for hydroxylation is 4. The summed E-state index contributed by atoms with van der Waals surface area (Å²) < 4.78 is 15.8. The minimum absolute atomic E-state index is 0.0993. The molecule has 662 valence electrons. The number of ether oxygens (including phenoxy) is 3. The first kappa shape index (κ1) is 94.9. The summed E-state index contributed by atoms with van der Waals surface area (Å²) in [5.41, 5.74) is 33.8. The Morgan fingerprint density at radius 2 is 0.651 bits per heavy atom. The second kappa shape index (κ2) is 46.5. The number of methoxy groups -OCH3 is 3. The van der Waals surface area contributed by atoms with E-state index < -0.39 is 0 Å². The molecule has 0 radical (unpaired) electrons. The fourth-order valence-electron chi connectivity index (χ4n) is 14.5. The molecule has 0 spiro atoms. The molecule has 16 aromatic rings. The number of ketones is 4. The Morgan fingerprint density at radius 3 is 1.01 bits per heavy atom. The van der Waals surface area contributed by atoms with Gasteiger partial charge in [-0.15, -0.1) is 45.3 Å². The predicted molar refractivity (Wildman–Crippen MR) is 534 cm³/mol. The van der Waals surface area contributed by atoms with Crippen LogP contribution in [-0.4, -0.2) is 78.5 Å². The van der Waals surface area contributed by atoms with E-state index >= 15 is 0 Å². The summed E-state index contributed by atoms with van der Waals surface area (Å²) in [7, 11) is 9.05. The van der Waals surface area contributed by atoms with Crippen molar-refractivity contribution >= 4 is 187 Å². The first-order valence-corrected chi connectivity index (χ1v) is 46.6. The number of para-hydroxylation sites is 2. The maximum atomic E-state index is 12.8. The lowest BCUT2D eigenvalue weighted by Gasteiger charge is -2.17. The molecular weight excluding hydrogens is 1780 g/mol. The van der Waals surface area contributed by atoms with Crippen molar-refractivity contribution in [2.75, 3.05) is 63.3 Å². The number of nitrogens with one attached hydrogen (secondary N) is 4. The van der Waals surface area contributed by atoms with Crippen LogP contribution in [0.4, 0.5) is 29.0 Å². The lowest BCUT2D eigenvalue weighted by molar-refractivity contribution is 0.0978. The molecule has 0 bridgehead atoms. The topological polar surface area (TPSA) is 303 Å². The van der Waals surface area contributed by atoms with Gasteiger partial charge in [0.05, 0.1) is 60.9 Å². The van der Waals surface area contributed by atoms with Crippen molar-refractivity contribution in [3.8, 4) is 17.2 Å². The van der Waals surface area contributed by atoms with Crippen molar-refractivity contribution in [1.29, 1.82) is 0 Å². The van der Waals surface area contributed by atoms with E-state index in [9.17, 15) is 19.2 Å². The van der Waals surface area contributed by atoms with Crippen LogP contribution in [0.1, 0.15) is 128 Å². The van der Waals surface area contributed by atoms with Crippen LogP contribution in [-0.2, 0) is 78.0 Å². The van der Waals surface area contributed by atoms with Crippen molar-refractivity contribution in [3.05, 3.63) is 347 Å². The van der Waals surface area contributed by atoms with Crippen molar-refractivity contribution in [3.63, 3.8) is 0 Å². The van der Waals surface area contributed by atoms with Crippen LogP contribution >= 0.6 is 91.8 Å². The Hall–Kier alpha value is -11.7. The van der Waals surface area contributed by atoms with Crippen LogP contribution in [0.15, 0.2) is 243 Å². The molecule has 8 heterocycles. The number of hydrogen-bond donors (Lipinski definition) is 8. The molecule has 20 nitrogen and oxygen atoms in total. The zero-order valence-corrected chi connectivity index (χ0v) is 78.2. The maximum absolute atomic E-state index is 12.8. The Labute approximate surface area is 786 Å². The minimum atomic E-state index is 0.0993. The number of rotatable bonds is 36. The SMILES string of the molecule is CN(C)c1ccccc1CNCc1sc(C(=O)CCc2ccc3c(N)nccc3c2)cc1Cl.COc1ccc(CNCc2sc(C(=O)CCc3ccc4c(N)nccc4c3)cc2Cl)cc1.COc1cccc(CNCc2sc(C(=O)CCc3ccc4c(N)nccc4c3)cc2Cl)c1.COc1ccccc1CNCc1sc(C(=O)CCc2ccc3c(N)nccc3c2)cc1Cl. The Morgan fingerprint density at radius 1 is 0.326 bits per heavy atom. The first-order valence-electron chi connectivity index (χ1n) is 41.8. The first-order chi connectivity index (χ1) is 62.5. The van der Waals surface area contributed by atoms with Gasteiger partial charge in [0.25, 0.3) is 0 Å². The number of carbonyl (C=O) groups excluding carboxylic acids is 4. The summed E-state index contributed by atoms with van der Waals surface area (Å²) in [5, 5.41) is 24.0. The Bertz CT molecular complexity index is 6600. The van der Waals surface area contributed by atoms with Gasteiger partial charge >= 0.3 is 0 Å². The minimum Gasteiger partial charge on any atom is -0.497 e. The van der Waals surface area contributed by atoms with Gasteiger partial charge in [0.1, 0.15) is 40.5 Å². The molecule has 0 aliphatic carbocycles. The number of fused-ring (bicyclic) bond motifs is 4. The molecule has 0 unspecified atom stereocenters. The average Bonchev–Trinajstić information content (AvgIpc) is 1.64. The molecule has 0 fully saturated rings. The number of pyridine rings is 4. The van der Waals surface area contributed by atoms with Crippen LogP contribution in [0, 0.1) is 0 Å². The third-order valence-corrected chi connectivity index (χ3v) is 28.0. The number of anilines is 5. The fraction of sp³-hybridized carbons (Fsp3) is 0.208. The molecule has 0 aliphatic rings. The van der Waals surface area contributed by atoms with Crippen molar-refractivity contribution < 1.29 is 33.4 Å². The molecule has 0 atom stereocenters. The van der Waals surface area contributed by atoms with Gasteiger partial charge < -0.3 is 63.3 Å². The second-order valence-corrected chi connectivity index (χ2v) is 36.9. The van der Waals surface area contributed by atoms with Crippen LogP contribution in [0.3, 0.4) is 0 Å². The number of thiophene rings is 4. The van der Waals surface area contributed by atoms with E-state index in [4.69, 9.17) is 83.5 Å². The van der Waals surface area contributed by atoms with E-state index in [0.29, 0.717) is 160 Å². The smallest absolute Gasteiger partial charge is 0.173 e. The summed E-state index contributed by atoms with van der Waals surface area (Å²) in [6.45, 7) is 5.22. The number of carbonyl (C=O) groups is 4. The zero-order chi connectivity index (χ0) is 90.9. The molecule has 0 aliphatic heterocycles. The van der Waals surface area contributed by atoms with E-state index in [1.165, 1.54) is 56.6 Å². The highest BCUT2D eigenvalue weighted by molar-refractivity contribution is 7.15. The Kier molecular flexibility index (Phi) is 34.2. The third kappa shape index (κ3) is 26.3.